The van der Waals surface area contributed by atoms with Crippen molar-refractivity contribution in [2.45, 2.75) is 6.92 Å². The molecule has 3 rings (SSSR count). The van der Waals surface area contributed by atoms with Gasteiger partial charge in [0.05, 0.1) is 5.69 Å². The zero-order chi connectivity index (χ0) is 14.1. The topological polar surface area (TPSA) is 61.0 Å². The maximum Gasteiger partial charge on any atom is 0.244 e. The van der Waals surface area contributed by atoms with Crippen LogP contribution in [-0.2, 0) is 0 Å². The molecule has 0 radical (unpaired) electrons. The molecule has 3 aromatic rings. The van der Waals surface area contributed by atoms with Gasteiger partial charge in [-0.25, -0.2) is 4.98 Å². The van der Waals surface area contributed by atoms with E-state index in [9.17, 15) is 0 Å². The van der Waals surface area contributed by atoms with Gasteiger partial charge in [-0.1, -0.05) is 29.8 Å². The molecule has 0 fully saturated rings. The van der Waals surface area contributed by atoms with Crippen molar-refractivity contribution in [3.63, 3.8) is 0 Å². The van der Waals surface area contributed by atoms with Gasteiger partial charge < -0.3 is 10.5 Å². The Morgan fingerprint density at radius 2 is 1.90 bits per heavy atom. The third-order valence-electron chi connectivity index (χ3n) is 2.88. The number of hydrogen-bond acceptors (Lipinski definition) is 4. The van der Waals surface area contributed by atoms with E-state index in [-0.39, 0.29) is 5.88 Å². The van der Waals surface area contributed by atoms with E-state index in [1.807, 2.05) is 37.3 Å². The monoisotopic (exact) mass is 285 g/mol. The molecule has 4 nitrogen and oxygen atoms in total. The van der Waals surface area contributed by atoms with Gasteiger partial charge in [-0.15, -0.1) is 0 Å². The molecule has 0 spiro atoms. The molecule has 2 N–H and O–H groups in total. The Kier molecular flexibility index (Phi) is 3.16. The minimum atomic E-state index is 0.285. The van der Waals surface area contributed by atoms with Gasteiger partial charge in [0, 0.05) is 11.1 Å². The highest BCUT2D eigenvalue weighted by atomic mass is 35.5. The molecule has 1 aromatic carbocycles. The van der Waals surface area contributed by atoms with Gasteiger partial charge >= 0.3 is 0 Å². The number of pyridine rings is 2. The number of ether oxygens (including phenoxy) is 1. The number of nitrogen functional groups attached to an aromatic ring is 1. The molecule has 100 valence electrons. The molecule has 5 heteroatoms. The molecule has 0 saturated carbocycles. The lowest BCUT2D eigenvalue weighted by molar-refractivity contribution is 0.470. The molecule has 0 saturated heterocycles. The van der Waals surface area contributed by atoms with Crippen molar-refractivity contribution in [2.24, 2.45) is 0 Å². The predicted molar refractivity (Wildman–Crippen MR) is 80.2 cm³/mol. The van der Waals surface area contributed by atoms with Crippen molar-refractivity contribution in [3.8, 4) is 11.6 Å². The zero-order valence-corrected chi connectivity index (χ0v) is 11.6. The minimum absolute atomic E-state index is 0.285. The Balaban J connectivity index is 2.10. The summed E-state index contributed by atoms with van der Waals surface area (Å²) in [7, 11) is 0. The lowest BCUT2D eigenvalue weighted by Crippen LogP contribution is -1.96. The van der Waals surface area contributed by atoms with Gasteiger partial charge in [0.25, 0.3) is 0 Å². The van der Waals surface area contributed by atoms with Crippen LogP contribution in [0.2, 0.25) is 5.15 Å². The number of aryl methyl sites for hydroxylation is 1. The number of aromatic nitrogens is 2. The first-order valence-corrected chi connectivity index (χ1v) is 6.47. The molecule has 0 aliphatic carbocycles. The summed E-state index contributed by atoms with van der Waals surface area (Å²) in [6.07, 6.45) is 0. The first-order chi connectivity index (χ1) is 9.63. The number of nitrogens with zero attached hydrogens (tertiary/aromatic N) is 2. The van der Waals surface area contributed by atoms with Crippen molar-refractivity contribution in [1.82, 2.24) is 9.97 Å². The Labute approximate surface area is 121 Å². The Hall–Kier alpha value is -2.33. The van der Waals surface area contributed by atoms with Crippen LogP contribution in [-0.4, -0.2) is 9.97 Å². The summed E-state index contributed by atoms with van der Waals surface area (Å²) in [6.45, 7) is 1.93. The molecule has 2 heterocycles. The maximum absolute atomic E-state index is 5.86. The number of rotatable bonds is 2. The van der Waals surface area contributed by atoms with Crippen LogP contribution >= 0.6 is 11.6 Å². The lowest BCUT2D eigenvalue weighted by Gasteiger charge is -2.10. The quantitative estimate of drug-likeness (QED) is 0.724. The highest BCUT2D eigenvalue weighted by molar-refractivity contribution is 6.29. The highest BCUT2D eigenvalue weighted by Gasteiger charge is 2.09. The normalized spacial score (nSPS) is 10.7. The second-order valence-electron chi connectivity index (χ2n) is 4.41. The second-order valence-corrected chi connectivity index (χ2v) is 4.80. The largest absolute Gasteiger partial charge is 0.435 e. The molecule has 0 unspecified atom stereocenters. The van der Waals surface area contributed by atoms with Crippen molar-refractivity contribution in [1.29, 1.82) is 0 Å². The molecule has 0 aliphatic rings. The van der Waals surface area contributed by atoms with Crippen LogP contribution in [0.25, 0.3) is 10.9 Å². The van der Waals surface area contributed by atoms with Crippen molar-refractivity contribution in [3.05, 3.63) is 53.3 Å². The van der Waals surface area contributed by atoms with E-state index in [4.69, 9.17) is 22.1 Å². The highest BCUT2D eigenvalue weighted by Crippen LogP contribution is 2.31. The zero-order valence-electron chi connectivity index (χ0n) is 10.8. The van der Waals surface area contributed by atoms with E-state index in [1.165, 1.54) is 0 Å². The number of anilines is 1. The number of para-hydroxylation sites is 1. The molecule has 0 bridgehead atoms. The van der Waals surface area contributed by atoms with E-state index in [0.717, 1.165) is 16.6 Å². The SMILES string of the molecule is Cc1ccc2cccc(Oc3nc(Cl)ccc3N)c2n1. The number of halogens is 1. The van der Waals surface area contributed by atoms with Crippen molar-refractivity contribution >= 4 is 28.2 Å². The lowest BCUT2D eigenvalue weighted by atomic mass is 10.2. The summed E-state index contributed by atoms with van der Waals surface area (Å²) in [6, 6.07) is 12.9. The average molecular weight is 286 g/mol. The summed E-state index contributed by atoms with van der Waals surface area (Å²) in [5, 5.41) is 1.33. The average Bonchev–Trinajstić information content (AvgIpc) is 2.43. The first kappa shape index (κ1) is 12.7. The van der Waals surface area contributed by atoms with Gasteiger partial charge in [0.2, 0.25) is 5.88 Å². The Morgan fingerprint density at radius 3 is 2.75 bits per heavy atom. The van der Waals surface area contributed by atoms with Gasteiger partial charge in [0.15, 0.2) is 5.75 Å². The van der Waals surface area contributed by atoms with Crippen LogP contribution in [0.1, 0.15) is 5.69 Å². The van der Waals surface area contributed by atoms with Crippen LogP contribution in [0.5, 0.6) is 11.6 Å². The van der Waals surface area contributed by atoms with E-state index >= 15 is 0 Å². The summed E-state index contributed by atoms with van der Waals surface area (Å²) in [5.41, 5.74) is 7.96. The van der Waals surface area contributed by atoms with Crippen LogP contribution in [0.15, 0.2) is 42.5 Å². The molecule has 0 aliphatic heterocycles. The van der Waals surface area contributed by atoms with E-state index < -0.39 is 0 Å². The number of benzene rings is 1. The van der Waals surface area contributed by atoms with Crippen LogP contribution in [0, 0.1) is 6.92 Å². The van der Waals surface area contributed by atoms with Crippen LogP contribution in [0.4, 0.5) is 5.69 Å². The van der Waals surface area contributed by atoms with E-state index in [1.54, 1.807) is 12.1 Å². The number of nitrogens with two attached hydrogens (primary N) is 1. The van der Waals surface area contributed by atoms with Crippen LogP contribution in [0.3, 0.4) is 0 Å². The van der Waals surface area contributed by atoms with Gasteiger partial charge in [-0.05, 0) is 31.2 Å². The second kappa shape index (κ2) is 4.98. The fourth-order valence-electron chi connectivity index (χ4n) is 1.91. The number of hydrogen-bond donors (Lipinski definition) is 1. The summed E-state index contributed by atoms with van der Waals surface area (Å²) >= 11 is 5.86. The smallest absolute Gasteiger partial charge is 0.244 e. The first-order valence-electron chi connectivity index (χ1n) is 6.10. The fraction of sp³-hybridized carbons (Fsp3) is 0.0667. The molecular weight excluding hydrogens is 274 g/mol. The van der Waals surface area contributed by atoms with Gasteiger partial charge in [-0.2, -0.15) is 4.98 Å². The standard InChI is InChI=1S/C15H12ClN3O/c1-9-5-6-10-3-2-4-12(14(10)18-9)20-15-11(17)7-8-13(16)19-15/h2-8H,17H2,1H3. The number of fused-ring (bicyclic) bond motifs is 1. The van der Waals surface area contributed by atoms with E-state index in [2.05, 4.69) is 9.97 Å². The Morgan fingerprint density at radius 1 is 1.05 bits per heavy atom. The van der Waals surface area contributed by atoms with Crippen molar-refractivity contribution < 1.29 is 4.74 Å². The molecule has 20 heavy (non-hydrogen) atoms. The third kappa shape index (κ3) is 2.38. The van der Waals surface area contributed by atoms with Crippen molar-refractivity contribution in [2.75, 3.05) is 5.73 Å². The molecule has 2 aromatic heterocycles. The molecule has 0 amide bonds. The minimum Gasteiger partial charge on any atom is -0.435 e. The van der Waals surface area contributed by atoms with Gasteiger partial charge in [0.1, 0.15) is 10.7 Å². The molecular formula is C15H12ClN3O. The van der Waals surface area contributed by atoms with Crippen LogP contribution < -0.4 is 10.5 Å². The summed E-state index contributed by atoms with van der Waals surface area (Å²) in [4.78, 5) is 8.58. The summed E-state index contributed by atoms with van der Waals surface area (Å²) in [5.74, 6) is 0.890. The third-order valence-corrected chi connectivity index (χ3v) is 3.10. The molecule has 0 atom stereocenters. The Bertz CT molecular complexity index is 789. The van der Waals surface area contributed by atoms with Gasteiger partial charge in [-0.3, -0.25) is 0 Å². The maximum atomic E-state index is 5.86. The summed E-state index contributed by atoms with van der Waals surface area (Å²) < 4.78 is 5.78. The fourth-order valence-corrected chi connectivity index (χ4v) is 2.05. The van der Waals surface area contributed by atoms with E-state index in [0.29, 0.717) is 16.6 Å². The predicted octanol–water partition coefficient (Wildman–Crippen LogP) is 3.97.